The minimum absolute atomic E-state index is 0.358. The average Bonchev–Trinajstić information content (AvgIpc) is 2.52. The predicted molar refractivity (Wildman–Crippen MR) is 53.2 cm³/mol. The lowest BCUT2D eigenvalue weighted by atomic mass is 9.89. The molecule has 0 saturated carbocycles. The van der Waals surface area contributed by atoms with E-state index in [1.165, 1.54) is 0 Å². The SMILES string of the molecule is CCC(CC)C1=NOC(C)(C(=O)O)C1. The molecule has 1 aliphatic heterocycles. The molecule has 4 heteroatoms. The Labute approximate surface area is 83.9 Å². The molecule has 1 atom stereocenters. The number of carboxylic acids is 1. The first-order valence-electron chi connectivity index (χ1n) is 5.01. The summed E-state index contributed by atoms with van der Waals surface area (Å²) in [6.45, 7) is 5.72. The van der Waals surface area contributed by atoms with Gasteiger partial charge in [-0.2, -0.15) is 0 Å². The molecule has 1 unspecified atom stereocenters. The number of rotatable bonds is 4. The van der Waals surface area contributed by atoms with Crippen LogP contribution in [0.3, 0.4) is 0 Å². The van der Waals surface area contributed by atoms with E-state index in [4.69, 9.17) is 9.94 Å². The second-order valence-electron chi connectivity index (χ2n) is 3.90. The smallest absolute Gasteiger partial charge is 0.351 e. The fourth-order valence-corrected chi connectivity index (χ4v) is 1.66. The van der Waals surface area contributed by atoms with E-state index >= 15 is 0 Å². The monoisotopic (exact) mass is 199 g/mol. The Bertz CT molecular complexity index is 258. The van der Waals surface area contributed by atoms with Crippen LogP contribution in [0.15, 0.2) is 5.16 Å². The third-order valence-electron chi connectivity index (χ3n) is 2.79. The summed E-state index contributed by atoms with van der Waals surface area (Å²) < 4.78 is 0. The van der Waals surface area contributed by atoms with Gasteiger partial charge >= 0.3 is 5.97 Å². The summed E-state index contributed by atoms with van der Waals surface area (Å²) in [6.07, 6.45) is 2.37. The van der Waals surface area contributed by atoms with Gasteiger partial charge in [-0.05, 0) is 19.8 Å². The summed E-state index contributed by atoms with van der Waals surface area (Å²) in [4.78, 5) is 15.9. The van der Waals surface area contributed by atoms with Crippen LogP contribution in [0.2, 0.25) is 0 Å². The molecule has 0 fully saturated rings. The average molecular weight is 199 g/mol. The standard InChI is InChI=1S/C10H17NO3/c1-4-7(5-2)8-6-10(3,9(12)13)14-11-8/h7H,4-6H2,1-3H3,(H,12,13). The van der Waals surface area contributed by atoms with E-state index < -0.39 is 11.6 Å². The second kappa shape index (κ2) is 3.98. The van der Waals surface area contributed by atoms with E-state index in [0.29, 0.717) is 12.3 Å². The summed E-state index contributed by atoms with van der Waals surface area (Å²) in [5.74, 6) is -0.585. The highest BCUT2D eigenvalue weighted by molar-refractivity contribution is 5.94. The van der Waals surface area contributed by atoms with Crippen LogP contribution in [-0.2, 0) is 9.63 Å². The van der Waals surface area contributed by atoms with E-state index in [-0.39, 0.29) is 0 Å². The Morgan fingerprint density at radius 1 is 1.64 bits per heavy atom. The van der Waals surface area contributed by atoms with Crippen molar-refractivity contribution in [1.29, 1.82) is 0 Å². The lowest BCUT2D eigenvalue weighted by molar-refractivity contribution is -0.160. The number of hydrogen-bond acceptors (Lipinski definition) is 3. The molecule has 0 radical (unpaired) electrons. The maximum Gasteiger partial charge on any atom is 0.351 e. The number of hydrogen-bond donors (Lipinski definition) is 1. The Hall–Kier alpha value is -1.06. The highest BCUT2D eigenvalue weighted by atomic mass is 16.7. The van der Waals surface area contributed by atoms with Crippen LogP contribution in [0.25, 0.3) is 0 Å². The molecule has 0 saturated heterocycles. The third-order valence-corrected chi connectivity index (χ3v) is 2.79. The summed E-state index contributed by atoms with van der Waals surface area (Å²) in [5.41, 5.74) is -0.252. The number of carboxylic acid groups (broad SMARTS) is 1. The van der Waals surface area contributed by atoms with Crippen molar-refractivity contribution in [2.45, 2.75) is 45.6 Å². The molecule has 4 nitrogen and oxygen atoms in total. The molecule has 0 amide bonds. The lowest BCUT2D eigenvalue weighted by Gasteiger charge is -2.16. The van der Waals surface area contributed by atoms with Crippen molar-refractivity contribution in [3.63, 3.8) is 0 Å². The van der Waals surface area contributed by atoms with Gasteiger partial charge in [-0.25, -0.2) is 4.79 Å². The van der Waals surface area contributed by atoms with Gasteiger partial charge < -0.3 is 9.94 Å². The fraction of sp³-hybridized carbons (Fsp3) is 0.800. The summed E-state index contributed by atoms with van der Waals surface area (Å²) >= 11 is 0. The van der Waals surface area contributed by atoms with Crippen LogP contribution in [0.5, 0.6) is 0 Å². The van der Waals surface area contributed by atoms with Gasteiger partial charge in [0.25, 0.3) is 0 Å². The molecule has 1 heterocycles. The quantitative estimate of drug-likeness (QED) is 0.753. The van der Waals surface area contributed by atoms with Crippen molar-refractivity contribution >= 4 is 11.7 Å². The minimum atomic E-state index is -1.14. The Morgan fingerprint density at radius 3 is 2.57 bits per heavy atom. The highest BCUT2D eigenvalue weighted by Gasteiger charge is 2.43. The maximum absolute atomic E-state index is 10.9. The van der Waals surface area contributed by atoms with Gasteiger partial charge in [-0.15, -0.1) is 0 Å². The normalized spacial score (nSPS) is 26.1. The van der Waals surface area contributed by atoms with Crippen LogP contribution in [0, 0.1) is 5.92 Å². The van der Waals surface area contributed by atoms with Gasteiger partial charge in [0, 0.05) is 12.3 Å². The first-order chi connectivity index (χ1) is 6.53. The van der Waals surface area contributed by atoms with Crippen molar-refractivity contribution in [2.24, 2.45) is 11.1 Å². The van der Waals surface area contributed by atoms with E-state index in [9.17, 15) is 4.79 Å². The Morgan fingerprint density at radius 2 is 2.21 bits per heavy atom. The molecule has 14 heavy (non-hydrogen) atoms. The highest BCUT2D eigenvalue weighted by Crippen LogP contribution is 2.28. The minimum Gasteiger partial charge on any atom is -0.478 e. The van der Waals surface area contributed by atoms with Crippen molar-refractivity contribution in [3.05, 3.63) is 0 Å². The predicted octanol–water partition coefficient (Wildman–Crippen LogP) is 2.04. The Balaban J connectivity index is 2.67. The Kier molecular flexibility index (Phi) is 3.13. The number of carbonyl (C=O) groups is 1. The molecule has 0 aromatic rings. The molecule has 0 aromatic carbocycles. The number of aliphatic carboxylic acids is 1. The molecule has 80 valence electrons. The first-order valence-corrected chi connectivity index (χ1v) is 5.01. The zero-order chi connectivity index (χ0) is 10.8. The third kappa shape index (κ3) is 1.89. The zero-order valence-corrected chi connectivity index (χ0v) is 8.91. The molecule has 0 bridgehead atoms. The number of oxime groups is 1. The number of nitrogens with zero attached hydrogens (tertiary/aromatic N) is 1. The van der Waals surface area contributed by atoms with Crippen LogP contribution in [0.4, 0.5) is 0 Å². The van der Waals surface area contributed by atoms with E-state index in [1.807, 2.05) is 0 Å². The topological polar surface area (TPSA) is 58.9 Å². The second-order valence-corrected chi connectivity index (χ2v) is 3.90. The van der Waals surface area contributed by atoms with Crippen LogP contribution in [0.1, 0.15) is 40.0 Å². The molecular weight excluding hydrogens is 182 g/mol. The lowest BCUT2D eigenvalue weighted by Crippen LogP contribution is -2.35. The van der Waals surface area contributed by atoms with Gasteiger partial charge in [0.2, 0.25) is 5.60 Å². The van der Waals surface area contributed by atoms with Crippen molar-refractivity contribution in [1.82, 2.24) is 0 Å². The molecule has 0 aliphatic carbocycles. The molecule has 1 rings (SSSR count). The van der Waals surface area contributed by atoms with Gasteiger partial charge in [0.15, 0.2) is 0 Å². The van der Waals surface area contributed by atoms with Gasteiger partial charge in [0.1, 0.15) is 0 Å². The van der Waals surface area contributed by atoms with Gasteiger partial charge in [-0.1, -0.05) is 19.0 Å². The van der Waals surface area contributed by atoms with Crippen LogP contribution < -0.4 is 0 Å². The van der Waals surface area contributed by atoms with Crippen LogP contribution in [-0.4, -0.2) is 22.4 Å². The molecule has 0 aromatic heterocycles. The molecule has 0 spiro atoms. The summed E-state index contributed by atoms with van der Waals surface area (Å²) in [6, 6.07) is 0. The van der Waals surface area contributed by atoms with Crippen molar-refractivity contribution in [3.8, 4) is 0 Å². The largest absolute Gasteiger partial charge is 0.478 e. The first kappa shape index (κ1) is 11.0. The maximum atomic E-state index is 10.9. The van der Waals surface area contributed by atoms with Gasteiger partial charge in [0.05, 0.1) is 5.71 Å². The summed E-state index contributed by atoms with van der Waals surface area (Å²) in [7, 11) is 0. The van der Waals surface area contributed by atoms with E-state index in [1.54, 1.807) is 6.92 Å². The van der Waals surface area contributed by atoms with E-state index in [2.05, 4.69) is 19.0 Å². The van der Waals surface area contributed by atoms with Crippen molar-refractivity contribution in [2.75, 3.05) is 0 Å². The molecular formula is C10H17NO3. The molecule has 1 N–H and O–H groups in total. The fourth-order valence-electron chi connectivity index (χ4n) is 1.66. The van der Waals surface area contributed by atoms with E-state index in [0.717, 1.165) is 18.6 Å². The molecule has 1 aliphatic rings. The zero-order valence-electron chi connectivity index (χ0n) is 8.91. The van der Waals surface area contributed by atoms with Crippen LogP contribution >= 0.6 is 0 Å². The van der Waals surface area contributed by atoms with Crippen molar-refractivity contribution < 1.29 is 14.7 Å². The van der Waals surface area contributed by atoms with Gasteiger partial charge in [-0.3, -0.25) is 0 Å². The summed E-state index contributed by atoms with van der Waals surface area (Å²) in [5, 5.41) is 12.8.